The number of hydrogen-bond acceptors (Lipinski definition) is 20. The number of halogens is 3. The molecule has 1 saturated heterocycles. The third kappa shape index (κ3) is 15.4. The summed E-state index contributed by atoms with van der Waals surface area (Å²) in [5.41, 5.74) is 8.51. The number of nitrogens with zero attached hydrogens (tertiary/aromatic N) is 12. The second-order valence-corrected chi connectivity index (χ2v) is 24.4. The van der Waals surface area contributed by atoms with Crippen molar-refractivity contribution in [3.05, 3.63) is 96.1 Å². The van der Waals surface area contributed by atoms with Gasteiger partial charge in [0.1, 0.15) is 22.9 Å². The highest BCUT2D eigenvalue weighted by Crippen LogP contribution is 2.40. The van der Waals surface area contributed by atoms with E-state index in [1.807, 2.05) is 61.4 Å². The Labute approximate surface area is 521 Å². The lowest BCUT2D eigenvalue weighted by Crippen LogP contribution is -2.38. The molecular formula is C61H68Cl3N15O9. The van der Waals surface area contributed by atoms with Crippen LogP contribution < -0.4 is 16.0 Å². The van der Waals surface area contributed by atoms with Gasteiger partial charge in [-0.2, -0.15) is 9.97 Å². The summed E-state index contributed by atoms with van der Waals surface area (Å²) in [6.45, 7) is 9.09. The highest BCUT2D eigenvalue weighted by atomic mass is 35.6. The second-order valence-electron chi connectivity index (χ2n) is 22.4. The average molecular weight is 1260 g/mol. The highest BCUT2D eigenvalue weighted by molar-refractivity contribution is 6.63. The minimum Gasteiger partial charge on any atom is -0.456 e. The van der Waals surface area contributed by atoms with Crippen molar-refractivity contribution in [2.45, 2.75) is 134 Å². The van der Waals surface area contributed by atoms with Crippen LogP contribution in [0.5, 0.6) is 0 Å². The van der Waals surface area contributed by atoms with Gasteiger partial charge in [0.25, 0.3) is 17.7 Å². The topological polar surface area (TPSA) is 286 Å². The molecule has 8 aromatic heterocycles. The van der Waals surface area contributed by atoms with Crippen molar-refractivity contribution in [1.29, 1.82) is 0 Å². The molecule has 0 atom stereocenters. The maximum atomic E-state index is 12.3. The van der Waals surface area contributed by atoms with E-state index in [2.05, 4.69) is 80.6 Å². The van der Waals surface area contributed by atoms with E-state index < -0.39 is 40.6 Å². The van der Waals surface area contributed by atoms with Gasteiger partial charge in [-0.25, -0.2) is 24.7 Å². The lowest BCUT2D eigenvalue weighted by Gasteiger charge is -2.28. The van der Waals surface area contributed by atoms with Gasteiger partial charge in [0.05, 0.1) is 23.4 Å². The summed E-state index contributed by atoms with van der Waals surface area (Å²) in [6, 6.07) is 13.0. The number of anilines is 4. The molecule has 3 fully saturated rings. The number of amides is 3. The van der Waals surface area contributed by atoms with Crippen LogP contribution in [0.3, 0.4) is 0 Å². The zero-order chi connectivity index (χ0) is 62.0. The average Bonchev–Trinajstić information content (AvgIpc) is 1.83. The van der Waals surface area contributed by atoms with E-state index in [1.165, 1.54) is 56.4 Å². The van der Waals surface area contributed by atoms with E-state index in [4.69, 9.17) is 59.5 Å². The molecule has 3 amide bonds. The molecule has 2 aliphatic carbocycles. The van der Waals surface area contributed by atoms with E-state index >= 15 is 0 Å². The molecule has 0 spiro atoms. The van der Waals surface area contributed by atoms with Crippen molar-refractivity contribution in [3.63, 3.8) is 0 Å². The van der Waals surface area contributed by atoms with Crippen molar-refractivity contribution >= 4 is 138 Å². The van der Waals surface area contributed by atoms with Crippen LogP contribution in [0.2, 0.25) is 0 Å². The van der Waals surface area contributed by atoms with Crippen LogP contribution in [0.25, 0.3) is 43.9 Å². The van der Waals surface area contributed by atoms with Gasteiger partial charge in [-0.3, -0.25) is 33.9 Å². The second kappa shape index (κ2) is 28.8. The minimum absolute atomic E-state index is 0.0275. The van der Waals surface area contributed by atoms with Gasteiger partial charge in [-0.05, 0) is 98.6 Å². The number of alkyl halides is 3. The van der Waals surface area contributed by atoms with E-state index in [1.54, 1.807) is 4.90 Å². The molecule has 0 aromatic carbocycles. The lowest BCUT2D eigenvalue weighted by molar-refractivity contribution is -0.200. The van der Waals surface area contributed by atoms with Crippen molar-refractivity contribution in [2.24, 2.45) is 11.8 Å². The maximum absolute atomic E-state index is 12.3. The van der Waals surface area contributed by atoms with E-state index in [0.29, 0.717) is 54.4 Å². The molecule has 8 aromatic rings. The fourth-order valence-corrected chi connectivity index (χ4v) is 11.7. The molecule has 13 rings (SSSR count). The molecule has 0 bridgehead atoms. The Kier molecular flexibility index (Phi) is 20.5. The number of ether oxygens (including phenoxy) is 2. The fraction of sp³-hybridized carbons (Fsp3) is 0.443. The summed E-state index contributed by atoms with van der Waals surface area (Å²) >= 11 is 14.4. The summed E-state index contributed by atoms with van der Waals surface area (Å²) in [4.78, 5) is 110. The SMILES string of the molecule is CC(=O)OCC(=O)N1CCc2nc(Nc3ncc4c5ccncc5n(C5CCC(C)CC5)c4n3)ccc2C1.CC(=O)OCC(=O)ON1C(=O)CCC1=O.CC1CCC(n2c3cnccc3c3cnc(Nc4ccc5c(n4)CCNC5)nc32)CC1.ClC(Cl)Cl. The molecule has 11 heterocycles. The zero-order valence-corrected chi connectivity index (χ0v) is 51.5. The van der Waals surface area contributed by atoms with Crippen LogP contribution in [0.4, 0.5) is 23.5 Å². The summed E-state index contributed by atoms with van der Waals surface area (Å²) < 4.78 is 13.2. The Morgan fingerprint density at radius 3 is 1.61 bits per heavy atom. The van der Waals surface area contributed by atoms with E-state index in [9.17, 15) is 28.8 Å². The van der Waals surface area contributed by atoms with Crippen LogP contribution >= 0.6 is 34.8 Å². The molecule has 24 nitrogen and oxygen atoms in total. The Balaban J connectivity index is 0.000000153. The number of hydroxylamine groups is 2. The standard InChI is InChI=1S/C28H31N7O3.C24H27N7.C8H9NO6.CHCl3/c1-17-3-6-20(7-4-17)35-24-14-29-11-9-21(24)22-13-30-28(33-27(22)35)32-25-8-5-19-15-34(12-10-23(19)31-25)26(37)16-38-18(2)36;1-15-2-5-17(6-3-15)31-21-14-26-10-8-18(21)19-13-27-24(30-23(19)31)29-22-7-4-16-12-25-11-9-20(16)28-22;1-5(10)14-4-8(13)15-9-6(11)2-3-7(9)12;2-1(3)4/h5,8-9,11,13-14,17,20H,3-4,6-7,10,12,15-16H2,1-2H3,(H,30,31,32,33);4,7-8,10,13-15,17,25H,2-3,5-6,9,11-12H2,1H3,(H,27,28,29,30);2-4H2,1H3;1H. The van der Waals surface area contributed by atoms with Crippen LogP contribution in [0.1, 0.15) is 127 Å². The summed E-state index contributed by atoms with van der Waals surface area (Å²) in [7, 11) is 0. The molecule has 3 aliphatic heterocycles. The third-order valence-electron chi connectivity index (χ3n) is 16.2. The van der Waals surface area contributed by atoms with Crippen molar-refractivity contribution in [2.75, 3.05) is 36.9 Å². The number of imide groups is 1. The van der Waals surface area contributed by atoms with Crippen molar-refractivity contribution in [3.8, 4) is 0 Å². The first-order chi connectivity index (χ1) is 42.5. The normalized spacial score (nSPS) is 18.9. The van der Waals surface area contributed by atoms with Crippen LogP contribution in [-0.2, 0) is 69.0 Å². The van der Waals surface area contributed by atoms with Gasteiger partial charge < -0.3 is 44.3 Å². The van der Waals surface area contributed by atoms with E-state index in [-0.39, 0.29) is 25.4 Å². The molecule has 5 aliphatic rings. The van der Waals surface area contributed by atoms with Gasteiger partial charge >= 0.3 is 17.9 Å². The molecular weight excluding hydrogens is 1190 g/mol. The summed E-state index contributed by atoms with van der Waals surface area (Å²) in [6.07, 6.45) is 22.6. The van der Waals surface area contributed by atoms with Crippen molar-refractivity contribution in [1.82, 2.24) is 64.3 Å². The minimum atomic E-state index is -0.964. The molecule has 462 valence electrons. The Hall–Kier alpha value is -8.19. The van der Waals surface area contributed by atoms with Gasteiger partial charge in [0, 0.05) is 136 Å². The number of carbonyl (C=O) groups is 6. The number of nitrogens with one attached hydrogen (secondary N) is 3. The number of pyridine rings is 4. The van der Waals surface area contributed by atoms with E-state index in [0.717, 1.165) is 112 Å². The van der Waals surface area contributed by atoms with Gasteiger partial charge in [-0.1, -0.05) is 60.8 Å². The van der Waals surface area contributed by atoms with Crippen LogP contribution in [-0.4, -0.2) is 125 Å². The maximum Gasteiger partial charge on any atom is 0.370 e. The van der Waals surface area contributed by atoms with Gasteiger partial charge in [0.15, 0.2) is 17.5 Å². The zero-order valence-electron chi connectivity index (χ0n) is 49.2. The number of carbonyl (C=O) groups excluding carboxylic acids is 6. The first kappa shape index (κ1) is 62.8. The first-order valence-corrected chi connectivity index (χ1v) is 30.7. The predicted molar refractivity (Wildman–Crippen MR) is 330 cm³/mol. The number of esters is 2. The monoisotopic (exact) mass is 1260 g/mol. The quantitative estimate of drug-likeness (QED) is 0.0616. The summed E-state index contributed by atoms with van der Waals surface area (Å²) in [5, 5.41) is 14.8. The predicted octanol–water partition coefficient (Wildman–Crippen LogP) is 9.98. The Bertz CT molecular complexity index is 3870. The summed E-state index contributed by atoms with van der Waals surface area (Å²) in [5.74, 6) is 0.710. The molecule has 88 heavy (non-hydrogen) atoms. The van der Waals surface area contributed by atoms with Gasteiger partial charge in [0.2, 0.25) is 11.9 Å². The number of aromatic nitrogens is 10. The molecule has 2 saturated carbocycles. The fourth-order valence-electron chi connectivity index (χ4n) is 11.7. The number of hydrogen-bond donors (Lipinski definition) is 3. The first-order valence-electron chi connectivity index (χ1n) is 29.4. The molecule has 27 heteroatoms. The largest absolute Gasteiger partial charge is 0.456 e. The third-order valence-corrected chi connectivity index (χ3v) is 16.2. The highest BCUT2D eigenvalue weighted by Gasteiger charge is 2.33. The number of rotatable bonds is 11. The van der Waals surface area contributed by atoms with Crippen molar-refractivity contribution < 1.29 is 43.1 Å². The van der Waals surface area contributed by atoms with Gasteiger partial charge in [-0.15, -0.1) is 5.06 Å². The molecule has 3 N–H and O–H groups in total. The van der Waals surface area contributed by atoms with Crippen LogP contribution in [0.15, 0.2) is 73.6 Å². The Morgan fingerprint density at radius 1 is 0.614 bits per heavy atom. The van der Waals surface area contributed by atoms with Crippen LogP contribution in [0, 0.1) is 11.8 Å². The lowest BCUT2D eigenvalue weighted by atomic mass is 9.87. The molecule has 0 unspecified atom stereocenters. The smallest absolute Gasteiger partial charge is 0.370 e. The number of fused-ring (bicyclic) bond motifs is 8. The molecule has 0 radical (unpaired) electrons. The Morgan fingerprint density at radius 2 is 1.10 bits per heavy atom.